The van der Waals surface area contributed by atoms with Gasteiger partial charge in [-0.05, 0) is 30.8 Å². The lowest BCUT2D eigenvalue weighted by Crippen LogP contribution is -2.39. The third kappa shape index (κ3) is 5.56. The number of aliphatic hydroxyl groups excluding tert-OH is 1. The Hall–Kier alpha value is -1.72. The second-order valence-corrected chi connectivity index (χ2v) is 4.12. The number of amides is 1. The Morgan fingerprint density at radius 2 is 2.06 bits per heavy atom. The van der Waals surface area contributed by atoms with E-state index in [1.165, 1.54) is 11.6 Å². The van der Waals surface area contributed by atoms with E-state index in [-0.39, 0.29) is 17.6 Å². The van der Waals surface area contributed by atoms with Crippen LogP contribution >= 0.6 is 12.2 Å². The molecule has 18 heavy (non-hydrogen) atoms. The Bertz CT molecular complexity index is 441. The number of rotatable bonds is 4. The maximum absolute atomic E-state index is 11.5. The third-order valence-electron chi connectivity index (χ3n) is 2.14. The van der Waals surface area contributed by atoms with E-state index in [0.717, 1.165) is 5.56 Å². The van der Waals surface area contributed by atoms with Gasteiger partial charge < -0.3 is 10.4 Å². The molecule has 0 aliphatic carbocycles. The summed E-state index contributed by atoms with van der Waals surface area (Å²) in [7, 11) is 0. The van der Waals surface area contributed by atoms with E-state index in [9.17, 15) is 4.79 Å². The zero-order valence-electron chi connectivity index (χ0n) is 10.1. The third-order valence-corrected chi connectivity index (χ3v) is 2.38. The predicted octanol–water partition coefficient (Wildman–Crippen LogP) is 0.991. The van der Waals surface area contributed by atoms with E-state index in [4.69, 9.17) is 17.3 Å². The largest absolute Gasteiger partial charge is 0.395 e. The van der Waals surface area contributed by atoms with Gasteiger partial charge in [0.15, 0.2) is 5.11 Å². The standard InChI is InChI=1S/C13H16N2O2S/c1-10-2-4-11(5-3-10)6-7-12(17)15-13(18)14-8-9-16/h2-7,16H,8-9H2,1H3,(H2,14,15,17,18)/b7-6+. The van der Waals surface area contributed by atoms with E-state index in [1.807, 2.05) is 31.2 Å². The number of thiocarbonyl (C=S) groups is 1. The highest BCUT2D eigenvalue weighted by Crippen LogP contribution is 2.04. The molecule has 0 atom stereocenters. The maximum atomic E-state index is 11.5. The van der Waals surface area contributed by atoms with Crippen molar-refractivity contribution in [3.05, 3.63) is 41.5 Å². The molecule has 1 aromatic carbocycles. The normalized spacial score (nSPS) is 10.3. The van der Waals surface area contributed by atoms with Crippen LogP contribution in [0.2, 0.25) is 0 Å². The van der Waals surface area contributed by atoms with Gasteiger partial charge in [0, 0.05) is 12.6 Å². The number of carbonyl (C=O) groups is 1. The maximum Gasteiger partial charge on any atom is 0.250 e. The minimum Gasteiger partial charge on any atom is -0.395 e. The molecular formula is C13H16N2O2S. The molecule has 0 saturated heterocycles. The second kappa shape index (κ2) is 7.58. The summed E-state index contributed by atoms with van der Waals surface area (Å²) in [5.74, 6) is -0.300. The smallest absolute Gasteiger partial charge is 0.250 e. The minimum atomic E-state index is -0.300. The average molecular weight is 264 g/mol. The summed E-state index contributed by atoms with van der Waals surface area (Å²) in [5.41, 5.74) is 2.12. The molecule has 1 aromatic rings. The van der Waals surface area contributed by atoms with E-state index >= 15 is 0 Å². The van der Waals surface area contributed by atoms with Gasteiger partial charge in [0.25, 0.3) is 0 Å². The summed E-state index contributed by atoms with van der Waals surface area (Å²) in [5, 5.41) is 13.9. The van der Waals surface area contributed by atoms with Crippen molar-refractivity contribution in [2.75, 3.05) is 13.2 Å². The number of carbonyl (C=O) groups excluding carboxylic acids is 1. The summed E-state index contributed by atoms with van der Waals surface area (Å²) in [6.07, 6.45) is 3.13. The molecule has 1 amide bonds. The average Bonchev–Trinajstić information content (AvgIpc) is 2.35. The lowest BCUT2D eigenvalue weighted by atomic mass is 10.1. The van der Waals surface area contributed by atoms with Crippen LogP contribution in [0.1, 0.15) is 11.1 Å². The highest BCUT2D eigenvalue weighted by atomic mass is 32.1. The van der Waals surface area contributed by atoms with Gasteiger partial charge in [-0.3, -0.25) is 10.1 Å². The van der Waals surface area contributed by atoms with Gasteiger partial charge in [-0.1, -0.05) is 29.8 Å². The van der Waals surface area contributed by atoms with Gasteiger partial charge >= 0.3 is 0 Å². The lowest BCUT2D eigenvalue weighted by molar-refractivity contribution is -0.115. The number of nitrogens with one attached hydrogen (secondary N) is 2. The first-order chi connectivity index (χ1) is 8.61. The molecule has 0 aromatic heterocycles. The SMILES string of the molecule is Cc1ccc(/C=C/C(=O)NC(=S)NCCO)cc1. The molecule has 0 unspecified atom stereocenters. The minimum absolute atomic E-state index is 0.0325. The summed E-state index contributed by atoms with van der Waals surface area (Å²) in [4.78, 5) is 11.5. The summed E-state index contributed by atoms with van der Waals surface area (Å²) < 4.78 is 0. The number of hydrogen-bond donors (Lipinski definition) is 3. The number of aryl methyl sites for hydroxylation is 1. The Kier molecular flexibility index (Phi) is 6.04. The molecule has 0 radical (unpaired) electrons. The van der Waals surface area contributed by atoms with Gasteiger partial charge in [-0.2, -0.15) is 0 Å². The molecule has 0 saturated carbocycles. The second-order valence-electron chi connectivity index (χ2n) is 3.71. The quantitative estimate of drug-likeness (QED) is 0.561. The van der Waals surface area contributed by atoms with Gasteiger partial charge in [0.1, 0.15) is 0 Å². The van der Waals surface area contributed by atoms with Crippen molar-refractivity contribution in [1.29, 1.82) is 0 Å². The molecule has 4 nitrogen and oxygen atoms in total. The lowest BCUT2D eigenvalue weighted by Gasteiger charge is -2.05. The first-order valence-electron chi connectivity index (χ1n) is 5.56. The van der Waals surface area contributed by atoms with Crippen molar-refractivity contribution in [3.8, 4) is 0 Å². The number of aliphatic hydroxyl groups is 1. The Morgan fingerprint density at radius 3 is 2.67 bits per heavy atom. The van der Waals surface area contributed by atoms with Crippen LogP contribution in [0, 0.1) is 6.92 Å². The van der Waals surface area contributed by atoms with Crippen LogP contribution in [-0.4, -0.2) is 29.3 Å². The van der Waals surface area contributed by atoms with Crippen LogP contribution in [0.15, 0.2) is 30.3 Å². The van der Waals surface area contributed by atoms with Crippen LogP contribution in [0.3, 0.4) is 0 Å². The van der Waals surface area contributed by atoms with Crippen LogP contribution in [-0.2, 0) is 4.79 Å². The van der Waals surface area contributed by atoms with E-state index in [0.29, 0.717) is 6.54 Å². The van der Waals surface area contributed by atoms with Gasteiger partial charge in [0.05, 0.1) is 6.61 Å². The number of hydrogen-bond acceptors (Lipinski definition) is 3. The molecule has 3 N–H and O–H groups in total. The van der Waals surface area contributed by atoms with Crippen molar-refractivity contribution in [2.24, 2.45) is 0 Å². The Morgan fingerprint density at radius 1 is 1.39 bits per heavy atom. The molecule has 1 rings (SSSR count). The molecule has 96 valence electrons. The van der Waals surface area contributed by atoms with E-state index in [1.54, 1.807) is 6.08 Å². The van der Waals surface area contributed by atoms with Crippen LogP contribution in [0.25, 0.3) is 6.08 Å². The molecular weight excluding hydrogens is 248 g/mol. The fourth-order valence-corrected chi connectivity index (χ4v) is 1.42. The Balaban J connectivity index is 2.44. The first-order valence-corrected chi connectivity index (χ1v) is 5.97. The summed E-state index contributed by atoms with van der Waals surface area (Å²) in [6, 6.07) is 7.82. The van der Waals surface area contributed by atoms with Gasteiger partial charge in [-0.25, -0.2) is 0 Å². The zero-order chi connectivity index (χ0) is 13.4. The highest BCUT2D eigenvalue weighted by molar-refractivity contribution is 7.80. The van der Waals surface area contributed by atoms with E-state index in [2.05, 4.69) is 10.6 Å². The molecule has 0 bridgehead atoms. The van der Waals surface area contributed by atoms with Crippen molar-refractivity contribution in [3.63, 3.8) is 0 Å². The summed E-state index contributed by atoms with van der Waals surface area (Å²) >= 11 is 4.86. The number of benzene rings is 1. The molecule has 0 spiro atoms. The molecule has 0 heterocycles. The first kappa shape index (κ1) is 14.3. The van der Waals surface area contributed by atoms with Crippen LogP contribution in [0.5, 0.6) is 0 Å². The highest BCUT2D eigenvalue weighted by Gasteiger charge is 1.99. The van der Waals surface area contributed by atoms with Crippen molar-refractivity contribution in [1.82, 2.24) is 10.6 Å². The van der Waals surface area contributed by atoms with Crippen LogP contribution < -0.4 is 10.6 Å². The van der Waals surface area contributed by atoms with Crippen molar-refractivity contribution >= 4 is 29.3 Å². The fourth-order valence-electron chi connectivity index (χ4n) is 1.22. The monoisotopic (exact) mass is 264 g/mol. The van der Waals surface area contributed by atoms with Crippen molar-refractivity contribution in [2.45, 2.75) is 6.92 Å². The predicted molar refractivity (Wildman–Crippen MR) is 76.0 cm³/mol. The van der Waals surface area contributed by atoms with Gasteiger partial charge in [-0.15, -0.1) is 0 Å². The molecule has 0 aliphatic heterocycles. The zero-order valence-corrected chi connectivity index (χ0v) is 11.0. The molecule has 5 heteroatoms. The van der Waals surface area contributed by atoms with Crippen molar-refractivity contribution < 1.29 is 9.90 Å². The summed E-state index contributed by atoms with van der Waals surface area (Å²) in [6.45, 7) is 2.29. The van der Waals surface area contributed by atoms with E-state index < -0.39 is 0 Å². The molecule has 0 fully saturated rings. The van der Waals surface area contributed by atoms with Crippen LogP contribution in [0.4, 0.5) is 0 Å². The van der Waals surface area contributed by atoms with Gasteiger partial charge in [0.2, 0.25) is 5.91 Å². The topological polar surface area (TPSA) is 61.4 Å². The Labute approximate surface area is 112 Å². The molecule has 0 aliphatic rings. The fraction of sp³-hybridized carbons (Fsp3) is 0.231.